The Morgan fingerprint density at radius 2 is 1.45 bits per heavy atom. The van der Waals surface area contributed by atoms with Crippen LogP contribution in [0, 0.1) is 0 Å². The molecule has 0 saturated carbocycles. The zero-order chi connectivity index (χ0) is 15.4. The first kappa shape index (κ1) is 14.9. The summed E-state index contributed by atoms with van der Waals surface area (Å²) in [7, 11) is 3.91. The number of piperidine rings is 1. The van der Waals surface area contributed by atoms with E-state index in [9.17, 15) is 0 Å². The number of nitrogens with zero attached hydrogens (tertiary/aromatic N) is 1. The summed E-state index contributed by atoms with van der Waals surface area (Å²) in [6, 6.07) is 19.2. The van der Waals surface area contributed by atoms with Gasteiger partial charge in [0.25, 0.3) is 0 Å². The van der Waals surface area contributed by atoms with Crippen LogP contribution >= 0.6 is 0 Å². The van der Waals surface area contributed by atoms with Gasteiger partial charge in [-0.25, -0.2) is 0 Å². The molecule has 3 rings (SSSR count). The monoisotopic (exact) mass is 293 g/mol. The molecular formula is C20H23NO. The van der Waals surface area contributed by atoms with Gasteiger partial charge in [0, 0.05) is 13.1 Å². The van der Waals surface area contributed by atoms with Gasteiger partial charge in [-0.15, -0.1) is 0 Å². The molecule has 2 aromatic rings. The van der Waals surface area contributed by atoms with Crippen LogP contribution in [0.4, 0.5) is 0 Å². The molecule has 2 aromatic carbocycles. The molecule has 1 aliphatic heterocycles. The molecular weight excluding hydrogens is 270 g/mol. The van der Waals surface area contributed by atoms with Gasteiger partial charge in [-0.2, -0.15) is 0 Å². The fraction of sp³-hybridized carbons (Fsp3) is 0.300. The Morgan fingerprint density at radius 1 is 0.864 bits per heavy atom. The Morgan fingerprint density at radius 3 is 2.05 bits per heavy atom. The van der Waals surface area contributed by atoms with Crippen molar-refractivity contribution in [2.75, 3.05) is 27.2 Å². The highest BCUT2D eigenvalue weighted by atomic mass is 16.5. The van der Waals surface area contributed by atoms with Gasteiger partial charge in [0.05, 0.1) is 7.11 Å². The Bertz CT molecular complexity index is 633. The molecule has 1 aliphatic rings. The van der Waals surface area contributed by atoms with Crippen molar-refractivity contribution in [1.82, 2.24) is 4.90 Å². The Hall–Kier alpha value is -2.06. The smallest absolute Gasteiger partial charge is 0.118 e. The predicted octanol–water partition coefficient (Wildman–Crippen LogP) is 4.22. The van der Waals surface area contributed by atoms with Crippen LogP contribution in [0.25, 0.3) is 5.57 Å². The SMILES string of the molecule is COc1ccc(C(=C2CCN(C)CC2)c2ccccc2)cc1. The van der Waals surface area contributed by atoms with E-state index in [1.165, 1.54) is 16.7 Å². The lowest BCUT2D eigenvalue weighted by molar-refractivity contribution is 0.313. The lowest BCUT2D eigenvalue weighted by Crippen LogP contribution is -2.26. The highest BCUT2D eigenvalue weighted by molar-refractivity contribution is 5.82. The predicted molar refractivity (Wildman–Crippen MR) is 92.2 cm³/mol. The van der Waals surface area contributed by atoms with Crippen LogP contribution in [0.2, 0.25) is 0 Å². The highest BCUT2D eigenvalue weighted by Gasteiger charge is 2.16. The molecule has 0 N–H and O–H groups in total. The summed E-state index contributed by atoms with van der Waals surface area (Å²) < 4.78 is 5.29. The van der Waals surface area contributed by atoms with Crippen molar-refractivity contribution in [3.63, 3.8) is 0 Å². The quantitative estimate of drug-likeness (QED) is 0.840. The first-order valence-corrected chi connectivity index (χ1v) is 7.88. The van der Waals surface area contributed by atoms with Crippen LogP contribution in [0.5, 0.6) is 5.75 Å². The second-order valence-corrected chi connectivity index (χ2v) is 5.88. The van der Waals surface area contributed by atoms with E-state index in [1.54, 1.807) is 12.7 Å². The van der Waals surface area contributed by atoms with Crippen molar-refractivity contribution in [1.29, 1.82) is 0 Å². The molecule has 0 radical (unpaired) electrons. The number of benzene rings is 2. The van der Waals surface area contributed by atoms with E-state index >= 15 is 0 Å². The molecule has 0 atom stereocenters. The number of hydrogen-bond donors (Lipinski definition) is 0. The van der Waals surface area contributed by atoms with Crippen molar-refractivity contribution in [2.45, 2.75) is 12.8 Å². The van der Waals surface area contributed by atoms with Crippen LogP contribution in [-0.2, 0) is 0 Å². The average molecular weight is 293 g/mol. The molecule has 1 saturated heterocycles. The summed E-state index contributed by atoms with van der Waals surface area (Å²) in [5.74, 6) is 0.907. The van der Waals surface area contributed by atoms with Crippen LogP contribution < -0.4 is 4.74 Å². The number of hydrogen-bond acceptors (Lipinski definition) is 2. The first-order chi connectivity index (χ1) is 10.8. The zero-order valence-electron chi connectivity index (χ0n) is 13.4. The highest BCUT2D eigenvalue weighted by Crippen LogP contribution is 2.32. The van der Waals surface area contributed by atoms with Crippen LogP contribution in [0.3, 0.4) is 0 Å². The third kappa shape index (κ3) is 3.23. The van der Waals surface area contributed by atoms with E-state index in [2.05, 4.69) is 54.4 Å². The van der Waals surface area contributed by atoms with Crippen molar-refractivity contribution in [3.8, 4) is 5.75 Å². The zero-order valence-corrected chi connectivity index (χ0v) is 13.4. The van der Waals surface area contributed by atoms with Crippen LogP contribution in [0.15, 0.2) is 60.2 Å². The van der Waals surface area contributed by atoms with E-state index < -0.39 is 0 Å². The van der Waals surface area contributed by atoms with Crippen molar-refractivity contribution in [2.24, 2.45) is 0 Å². The third-order valence-electron chi connectivity index (χ3n) is 4.39. The summed E-state index contributed by atoms with van der Waals surface area (Å²) in [4.78, 5) is 2.40. The van der Waals surface area contributed by atoms with Gasteiger partial charge in [0.15, 0.2) is 0 Å². The maximum Gasteiger partial charge on any atom is 0.118 e. The summed E-state index contributed by atoms with van der Waals surface area (Å²) >= 11 is 0. The summed E-state index contributed by atoms with van der Waals surface area (Å²) in [6.45, 7) is 2.28. The molecule has 2 heteroatoms. The molecule has 1 heterocycles. The number of rotatable bonds is 3. The molecule has 0 spiro atoms. The molecule has 0 bridgehead atoms. The summed E-state index contributed by atoms with van der Waals surface area (Å²) in [5, 5.41) is 0. The second kappa shape index (κ2) is 6.80. The molecule has 0 aliphatic carbocycles. The fourth-order valence-electron chi connectivity index (χ4n) is 3.08. The van der Waals surface area contributed by atoms with E-state index in [0.717, 1.165) is 31.7 Å². The topological polar surface area (TPSA) is 12.5 Å². The third-order valence-corrected chi connectivity index (χ3v) is 4.39. The van der Waals surface area contributed by atoms with Crippen molar-refractivity contribution in [3.05, 3.63) is 71.3 Å². The van der Waals surface area contributed by atoms with E-state index in [1.807, 2.05) is 12.1 Å². The van der Waals surface area contributed by atoms with Gasteiger partial charge in [-0.3, -0.25) is 0 Å². The van der Waals surface area contributed by atoms with Gasteiger partial charge < -0.3 is 9.64 Å². The summed E-state index contributed by atoms with van der Waals surface area (Å²) in [6.07, 6.45) is 2.29. The Balaban J connectivity index is 2.04. The first-order valence-electron chi connectivity index (χ1n) is 7.88. The minimum absolute atomic E-state index is 0.907. The second-order valence-electron chi connectivity index (χ2n) is 5.88. The maximum atomic E-state index is 5.29. The number of methoxy groups -OCH3 is 1. The lowest BCUT2D eigenvalue weighted by atomic mass is 9.88. The number of likely N-dealkylation sites (tertiary alicyclic amines) is 1. The molecule has 22 heavy (non-hydrogen) atoms. The van der Waals surface area contributed by atoms with Gasteiger partial charge in [-0.05, 0) is 48.7 Å². The van der Waals surface area contributed by atoms with Crippen molar-refractivity contribution >= 4 is 5.57 Å². The van der Waals surface area contributed by atoms with Crippen molar-refractivity contribution < 1.29 is 4.74 Å². The molecule has 0 aromatic heterocycles. The minimum Gasteiger partial charge on any atom is -0.497 e. The molecule has 0 amide bonds. The fourth-order valence-corrected chi connectivity index (χ4v) is 3.08. The molecule has 1 fully saturated rings. The van der Waals surface area contributed by atoms with Crippen LogP contribution in [-0.4, -0.2) is 32.1 Å². The normalized spacial score (nSPS) is 15.6. The van der Waals surface area contributed by atoms with Gasteiger partial charge >= 0.3 is 0 Å². The van der Waals surface area contributed by atoms with E-state index in [-0.39, 0.29) is 0 Å². The summed E-state index contributed by atoms with van der Waals surface area (Å²) in [5.41, 5.74) is 5.56. The maximum absolute atomic E-state index is 5.29. The standard InChI is InChI=1S/C20H23NO/c1-21-14-12-18(13-15-21)20(16-6-4-3-5-7-16)17-8-10-19(22-2)11-9-17/h3-11H,12-15H2,1-2H3. The average Bonchev–Trinajstić information content (AvgIpc) is 2.58. The van der Waals surface area contributed by atoms with Crippen LogP contribution in [0.1, 0.15) is 24.0 Å². The molecule has 2 nitrogen and oxygen atoms in total. The number of ether oxygens (including phenoxy) is 1. The largest absolute Gasteiger partial charge is 0.497 e. The molecule has 0 unspecified atom stereocenters. The van der Waals surface area contributed by atoms with Gasteiger partial charge in [0.1, 0.15) is 5.75 Å². The van der Waals surface area contributed by atoms with Gasteiger partial charge in [-0.1, -0.05) is 48.0 Å². The molecule has 114 valence electrons. The Labute approximate surface area is 133 Å². The van der Waals surface area contributed by atoms with E-state index in [4.69, 9.17) is 4.74 Å². The Kier molecular flexibility index (Phi) is 4.59. The minimum atomic E-state index is 0.907. The van der Waals surface area contributed by atoms with E-state index in [0.29, 0.717) is 0 Å². The lowest BCUT2D eigenvalue weighted by Gasteiger charge is -2.27. The van der Waals surface area contributed by atoms with Gasteiger partial charge in [0.2, 0.25) is 0 Å².